The first kappa shape index (κ1) is 29.1. The molecule has 0 atom stereocenters. The van der Waals surface area contributed by atoms with Crippen molar-refractivity contribution in [1.29, 1.82) is 0 Å². The number of benzene rings is 2. The van der Waals surface area contributed by atoms with Crippen molar-refractivity contribution < 1.29 is 29.5 Å². The molecule has 10 heteroatoms. The third-order valence-corrected chi connectivity index (χ3v) is 8.15. The fourth-order valence-corrected chi connectivity index (χ4v) is 5.83. The maximum atomic E-state index is 13.2. The second-order valence-corrected chi connectivity index (χ2v) is 10.8. The molecule has 0 aromatic heterocycles. The predicted molar refractivity (Wildman–Crippen MR) is 155 cm³/mol. The number of nitrogens with zero attached hydrogens (tertiary/aromatic N) is 4. The molecule has 3 aliphatic rings. The first-order valence-electron chi connectivity index (χ1n) is 14.4. The number of carbonyl (C=O) groups is 2. The monoisotopic (exact) mass is 562 g/mol. The van der Waals surface area contributed by atoms with Gasteiger partial charge in [-0.1, -0.05) is 34.6 Å². The van der Waals surface area contributed by atoms with Crippen LogP contribution < -0.4 is 0 Å². The van der Waals surface area contributed by atoms with Gasteiger partial charge in [0.1, 0.15) is 11.4 Å². The molecule has 0 unspecified atom stereocenters. The van der Waals surface area contributed by atoms with Gasteiger partial charge in [-0.25, -0.2) is 0 Å². The van der Waals surface area contributed by atoms with E-state index in [1.165, 1.54) is 0 Å². The zero-order valence-corrected chi connectivity index (χ0v) is 23.4. The third kappa shape index (κ3) is 7.08. The molecule has 2 saturated heterocycles. The van der Waals surface area contributed by atoms with Crippen LogP contribution >= 0.6 is 0 Å². The summed E-state index contributed by atoms with van der Waals surface area (Å²) in [5.41, 5.74) is 5.31. The molecule has 2 aromatic rings. The number of fused-ring (bicyclic) bond motifs is 3. The van der Waals surface area contributed by atoms with E-state index in [0.717, 1.165) is 101 Å². The first-order chi connectivity index (χ1) is 20.1. The van der Waals surface area contributed by atoms with Crippen molar-refractivity contribution >= 4 is 23.0 Å². The summed E-state index contributed by atoms with van der Waals surface area (Å²) in [6, 6.07) is 11.1. The third-order valence-electron chi connectivity index (χ3n) is 8.15. The molecule has 2 heterocycles. The van der Waals surface area contributed by atoms with Crippen LogP contribution in [0.25, 0.3) is 11.1 Å². The largest absolute Gasteiger partial charge is 0.411 e. The Hall–Kier alpha value is -3.44. The standard InChI is InChI=1S/C31H38N4O6/c36-30(28(32-38)3-1-9-34-11-15-40-16-12-34)22-5-7-26-24(19-22)21-25-20-23(6-8-27(25)26)31(37)29(33-39)4-2-10-35-13-17-41-18-14-35/h5-8,19-20,38-39H,1-4,9-18,21H2/b32-28-,33-29-. The lowest BCUT2D eigenvalue weighted by Crippen LogP contribution is -2.37. The smallest absolute Gasteiger partial charge is 0.210 e. The summed E-state index contributed by atoms with van der Waals surface area (Å²) in [4.78, 5) is 30.9. The van der Waals surface area contributed by atoms with Crippen LogP contribution in [0.1, 0.15) is 57.5 Å². The number of carbonyl (C=O) groups excluding carboxylic acids is 2. The number of rotatable bonds is 12. The summed E-state index contributed by atoms with van der Waals surface area (Å²) in [6.45, 7) is 8.04. The second-order valence-electron chi connectivity index (χ2n) is 10.8. The molecule has 1 aliphatic carbocycles. The van der Waals surface area contributed by atoms with Gasteiger partial charge in [-0.2, -0.15) is 0 Å². The fourth-order valence-electron chi connectivity index (χ4n) is 5.83. The molecule has 0 spiro atoms. The van der Waals surface area contributed by atoms with Crippen molar-refractivity contribution in [1.82, 2.24) is 9.80 Å². The van der Waals surface area contributed by atoms with E-state index in [1.807, 2.05) is 24.3 Å². The second kappa shape index (κ2) is 14.0. The number of hydrogen-bond donors (Lipinski definition) is 2. The van der Waals surface area contributed by atoms with E-state index < -0.39 is 0 Å². The number of ether oxygens (including phenoxy) is 2. The highest BCUT2D eigenvalue weighted by molar-refractivity contribution is 6.46. The van der Waals surface area contributed by atoms with Crippen LogP contribution in [0, 0.1) is 0 Å². The normalized spacial score (nSPS) is 18.2. The quantitative estimate of drug-likeness (QED) is 0.149. The first-order valence-corrected chi connectivity index (χ1v) is 14.4. The number of ketones is 2. The predicted octanol–water partition coefficient (Wildman–Crippen LogP) is 3.51. The van der Waals surface area contributed by atoms with Crippen molar-refractivity contribution in [2.24, 2.45) is 10.3 Å². The van der Waals surface area contributed by atoms with Crippen LogP contribution in [-0.4, -0.2) is 109 Å². The molecule has 0 radical (unpaired) electrons. The maximum absolute atomic E-state index is 13.2. The lowest BCUT2D eigenvalue weighted by atomic mass is 9.97. The van der Waals surface area contributed by atoms with E-state index in [0.29, 0.717) is 30.4 Å². The molecule has 2 aromatic carbocycles. The molecule has 2 N–H and O–H groups in total. The van der Waals surface area contributed by atoms with E-state index in [-0.39, 0.29) is 23.0 Å². The Morgan fingerprint density at radius 2 is 1.10 bits per heavy atom. The zero-order chi connectivity index (χ0) is 28.6. The van der Waals surface area contributed by atoms with Crippen LogP contribution in [0.4, 0.5) is 0 Å². The van der Waals surface area contributed by atoms with E-state index >= 15 is 0 Å². The van der Waals surface area contributed by atoms with E-state index in [4.69, 9.17) is 9.47 Å². The average molecular weight is 563 g/mol. The summed E-state index contributed by atoms with van der Waals surface area (Å²) in [5, 5.41) is 25.8. The van der Waals surface area contributed by atoms with E-state index in [1.54, 1.807) is 12.1 Å². The highest BCUT2D eigenvalue weighted by Crippen LogP contribution is 2.37. The minimum Gasteiger partial charge on any atom is -0.411 e. The number of morpholine rings is 2. The zero-order valence-electron chi connectivity index (χ0n) is 23.4. The lowest BCUT2D eigenvalue weighted by molar-refractivity contribution is 0.0376. The van der Waals surface area contributed by atoms with Crippen LogP contribution in [0.15, 0.2) is 46.7 Å². The summed E-state index contributed by atoms with van der Waals surface area (Å²) < 4.78 is 10.8. The highest BCUT2D eigenvalue weighted by Gasteiger charge is 2.24. The van der Waals surface area contributed by atoms with Gasteiger partial charge >= 0.3 is 0 Å². The Morgan fingerprint density at radius 3 is 1.49 bits per heavy atom. The van der Waals surface area contributed by atoms with Gasteiger partial charge in [0.2, 0.25) is 11.6 Å². The Morgan fingerprint density at radius 1 is 0.683 bits per heavy atom. The average Bonchev–Trinajstić information content (AvgIpc) is 3.39. The van der Waals surface area contributed by atoms with Crippen molar-refractivity contribution in [2.45, 2.75) is 32.1 Å². The maximum Gasteiger partial charge on any atom is 0.210 e. The summed E-state index contributed by atoms with van der Waals surface area (Å²) >= 11 is 0. The number of hydrogen-bond acceptors (Lipinski definition) is 10. The van der Waals surface area contributed by atoms with Crippen LogP contribution in [-0.2, 0) is 15.9 Å². The number of oxime groups is 2. The van der Waals surface area contributed by atoms with Crippen molar-refractivity contribution in [3.63, 3.8) is 0 Å². The van der Waals surface area contributed by atoms with Gasteiger partial charge in [-0.15, -0.1) is 0 Å². The highest BCUT2D eigenvalue weighted by atomic mass is 16.5. The van der Waals surface area contributed by atoms with E-state index in [9.17, 15) is 20.0 Å². The minimum absolute atomic E-state index is 0.158. The minimum atomic E-state index is -0.273. The van der Waals surface area contributed by atoms with Crippen LogP contribution in [0.5, 0.6) is 0 Å². The summed E-state index contributed by atoms with van der Waals surface area (Å²) in [5.74, 6) is -0.546. The molecule has 0 saturated carbocycles. The SMILES string of the molecule is O=C(/C(CCCN1CCOCC1)=N\O)c1ccc2c(c1)Cc1cc(C(=O)/C(CCCN3CCOCC3)=N\O)ccc1-2. The molecule has 0 amide bonds. The molecular formula is C31H38N4O6. The van der Waals surface area contributed by atoms with Crippen molar-refractivity contribution in [3.8, 4) is 11.1 Å². The Labute approximate surface area is 240 Å². The molecule has 218 valence electrons. The summed E-state index contributed by atoms with van der Waals surface area (Å²) in [6.07, 6.45) is 2.83. The molecule has 2 aliphatic heterocycles. The van der Waals surface area contributed by atoms with Gasteiger partial charge in [-0.3, -0.25) is 19.4 Å². The molecule has 2 fully saturated rings. The Balaban J connectivity index is 1.19. The fraction of sp³-hybridized carbons (Fsp3) is 0.484. The molecule has 10 nitrogen and oxygen atoms in total. The van der Waals surface area contributed by atoms with Crippen molar-refractivity contribution in [2.75, 3.05) is 65.7 Å². The molecule has 41 heavy (non-hydrogen) atoms. The molecular weight excluding hydrogens is 524 g/mol. The Kier molecular flexibility index (Phi) is 9.89. The van der Waals surface area contributed by atoms with Crippen LogP contribution in [0.3, 0.4) is 0 Å². The molecule has 5 rings (SSSR count). The summed E-state index contributed by atoms with van der Waals surface area (Å²) in [7, 11) is 0. The molecule has 0 bridgehead atoms. The lowest BCUT2D eigenvalue weighted by Gasteiger charge is -2.26. The number of Topliss-reactive ketones (excluding diaryl/α,β-unsaturated/α-hetero) is 2. The van der Waals surface area contributed by atoms with Gasteiger partial charge in [0.05, 0.1) is 26.4 Å². The van der Waals surface area contributed by atoms with Gasteiger partial charge in [0.15, 0.2) is 0 Å². The van der Waals surface area contributed by atoms with E-state index in [2.05, 4.69) is 20.1 Å². The van der Waals surface area contributed by atoms with Gasteiger partial charge in [0, 0.05) is 37.3 Å². The van der Waals surface area contributed by atoms with Gasteiger partial charge in [-0.05, 0) is 79.6 Å². The van der Waals surface area contributed by atoms with Gasteiger partial charge < -0.3 is 19.9 Å². The Bertz CT molecular complexity index is 1210. The van der Waals surface area contributed by atoms with Gasteiger partial charge in [0.25, 0.3) is 0 Å². The van der Waals surface area contributed by atoms with Crippen molar-refractivity contribution in [3.05, 3.63) is 58.7 Å². The topological polar surface area (TPSA) is 124 Å². The van der Waals surface area contributed by atoms with Crippen LogP contribution in [0.2, 0.25) is 0 Å².